The number of para-hydroxylation sites is 1. The summed E-state index contributed by atoms with van der Waals surface area (Å²) in [7, 11) is 1.20. The zero-order valence-electron chi connectivity index (χ0n) is 16.6. The van der Waals surface area contributed by atoms with E-state index in [1.54, 1.807) is 48.5 Å². The Hall–Kier alpha value is -4.21. The minimum Gasteiger partial charge on any atom is -0.437 e. The van der Waals surface area contributed by atoms with E-state index in [-0.39, 0.29) is 5.69 Å². The molecular weight excluding hydrogens is 429 g/mol. The molecule has 0 bridgehead atoms. The van der Waals surface area contributed by atoms with Gasteiger partial charge in [0.25, 0.3) is 0 Å². The Labute approximate surface area is 180 Å². The van der Waals surface area contributed by atoms with Crippen molar-refractivity contribution < 1.29 is 37.0 Å². The smallest absolute Gasteiger partial charge is 0.437 e. The maximum absolute atomic E-state index is 12.4. The average molecular weight is 446 g/mol. The van der Waals surface area contributed by atoms with E-state index < -0.39 is 24.3 Å². The maximum Gasteiger partial charge on any atom is 0.573 e. The summed E-state index contributed by atoms with van der Waals surface area (Å²) in [6.45, 7) is 0. The number of urea groups is 1. The molecule has 166 valence electrons. The van der Waals surface area contributed by atoms with Crippen molar-refractivity contribution in [1.29, 1.82) is 0 Å². The Morgan fingerprint density at radius 2 is 1.44 bits per heavy atom. The molecule has 3 aromatic rings. The van der Waals surface area contributed by atoms with Crippen molar-refractivity contribution in [3.8, 4) is 22.6 Å². The summed E-state index contributed by atoms with van der Waals surface area (Å²) < 4.78 is 49.9. The Morgan fingerprint density at radius 3 is 2.06 bits per heavy atom. The molecule has 0 fully saturated rings. The third-order valence-electron chi connectivity index (χ3n) is 4.05. The SMILES string of the molecule is COC(=O)Oc1ccc(-c2ccccc2NC(=O)Nc2ccc(OC(F)(F)F)cc2)cc1. The Bertz CT molecular complexity index is 1080. The van der Waals surface area contributed by atoms with Crippen LogP contribution in [0.5, 0.6) is 11.5 Å². The molecule has 3 rings (SSSR count). The van der Waals surface area contributed by atoms with Gasteiger partial charge < -0.3 is 24.8 Å². The molecule has 7 nitrogen and oxygen atoms in total. The number of carbonyl (C=O) groups is 2. The van der Waals surface area contributed by atoms with E-state index in [9.17, 15) is 22.8 Å². The van der Waals surface area contributed by atoms with Gasteiger partial charge in [0.05, 0.1) is 12.8 Å². The fourth-order valence-electron chi connectivity index (χ4n) is 2.71. The van der Waals surface area contributed by atoms with Crippen molar-refractivity contribution in [2.45, 2.75) is 6.36 Å². The highest BCUT2D eigenvalue weighted by Crippen LogP contribution is 2.30. The standard InChI is InChI=1S/C22H17F3N2O5/c1-30-21(29)31-16-10-6-14(7-11-16)18-4-2-3-5-19(18)27-20(28)26-15-8-12-17(13-9-15)32-22(23,24)25/h2-13H,1H3,(H2,26,27,28). The highest BCUT2D eigenvalue weighted by molar-refractivity contribution is 6.02. The first kappa shape index (κ1) is 22.5. The molecule has 0 atom stereocenters. The molecule has 0 spiro atoms. The normalized spacial score (nSPS) is 10.8. The Balaban J connectivity index is 1.68. The molecule has 0 saturated heterocycles. The Morgan fingerprint density at radius 1 is 0.812 bits per heavy atom. The molecule has 2 N–H and O–H groups in total. The highest BCUT2D eigenvalue weighted by atomic mass is 19.4. The lowest BCUT2D eigenvalue weighted by atomic mass is 10.0. The lowest BCUT2D eigenvalue weighted by Crippen LogP contribution is -2.20. The molecular formula is C22H17F3N2O5. The molecule has 0 unspecified atom stereocenters. The van der Waals surface area contributed by atoms with Crippen molar-refractivity contribution in [2.24, 2.45) is 0 Å². The highest BCUT2D eigenvalue weighted by Gasteiger charge is 2.30. The lowest BCUT2D eigenvalue weighted by molar-refractivity contribution is -0.274. The largest absolute Gasteiger partial charge is 0.573 e. The first-order valence-electron chi connectivity index (χ1n) is 9.12. The zero-order chi connectivity index (χ0) is 23.1. The van der Waals surface area contributed by atoms with Gasteiger partial charge in [0.1, 0.15) is 11.5 Å². The molecule has 0 aromatic heterocycles. The van der Waals surface area contributed by atoms with E-state index in [0.29, 0.717) is 17.0 Å². The summed E-state index contributed by atoms with van der Waals surface area (Å²) in [5, 5.41) is 5.24. The third kappa shape index (κ3) is 6.39. The van der Waals surface area contributed by atoms with Crippen LogP contribution in [0.25, 0.3) is 11.1 Å². The number of rotatable bonds is 5. The van der Waals surface area contributed by atoms with Crippen LogP contribution in [-0.4, -0.2) is 25.7 Å². The summed E-state index contributed by atoms with van der Waals surface area (Å²) in [6, 6.07) is 17.7. The van der Waals surface area contributed by atoms with Crippen LogP contribution in [0.4, 0.5) is 34.1 Å². The second-order valence-corrected chi connectivity index (χ2v) is 6.28. The number of alkyl halides is 3. The quantitative estimate of drug-likeness (QED) is 0.369. The second-order valence-electron chi connectivity index (χ2n) is 6.28. The number of amides is 2. The number of nitrogens with one attached hydrogen (secondary N) is 2. The number of ether oxygens (including phenoxy) is 3. The molecule has 0 aliphatic heterocycles. The summed E-state index contributed by atoms with van der Waals surface area (Å²) in [6.07, 6.45) is -5.63. The predicted octanol–water partition coefficient (Wildman–Crippen LogP) is 6.04. The van der Waals surface area contributed by atoms with E-state index in [1.807, 2.05) is 0 Å². The Kier molecular flexibility index (Phi) is 6.83. The number of benzene rings is 3. The molecule has 3 aromatic carbocycles. The number of hydrogen-bond acceptors (Lipinski definition) is 5. The van der Waals surface area contributed by atoms with E-state index >= 15 is 0 Å². The average Bonchev–Trinajstić information content (AvgIpc) is 2.75. The van der Waals surface area contributed by atoms with Gasteiger partial charge in [-0.2, -0.15) is 0 Å². The zero-order valence-corrected chi connectivity index (χ0v) is 16.6. The van der Waals surface area contributed by atoms with Crippen molar-refractivity contribution in [3.63, 3.8) is 0 Å². The maximum atomic E-state index is 12.4. The van der Waals surface area contributed by atoms with Gasteiger partial charge in [0.15, 0.2) is 0 Å². The molecule has 0 radical (unpaired) electrons. The molecule has 2 amide bonds. The minimum atomic E-state index is -4.79. The third-order valence-corrected chi connectivity index (χ3v) is 4.05. The van der Waals surface area contributed by atoms with E-state index in [2.05, 4.69) is 20.1 Å². The number of carbonyl (C=O) groups excluding carboxylic acids is 2. The number of methoxy groups -OCH3 is 1. The van der Waals surface area contributed by atoms with Crippen LogP contribution in [0.1, 0.15) is 0 Å². The molecule has 0 aliphatic rings. The molecule has 0 saturated carbocycles. The van der Waals surface area contributed by atoms with Crippen LogP contribution in [-0.2, 0) is 4.74 Å². The number of hydrogen-bond donors (Lipinski definition) is 2. The number of anilines is 2. The lowest BCUT2D eigenvalue weighted by Gasteiger charge is -2.13. The van der Waals surface area contributed by atoms with Crippen molar-refractivity contribution >= 4 is 23.6 Å². The van der Waals surface area contributed by atoms with Gasteiger partial charge in [0, 0.05) is 11.3 Å². The summed E-state index contributed by atoms with van der Waals surface area (Å²) in [5.41, 5.74) is 2.20. The van der Waals surface area contributed by atoms with E-state index in [0.717, 1.165) is 17.7 Å². The minimum absolute atomic E-state index is 0.277. The van der Waals surface area contributed by atoms with Crippen LogP contribution >= 0.6 is 0 Å². The fourth-order valence-corrected chi connectivity index (χ4v) is 2.71. The summed E-state index contributed by atoms with van der Waals surface area (Å²) in [4.78, 5) is 23.6. The van der Waals surface area contributed by atoms with Crippen LogP contribution in [0, 0.1) is 0 Å². The van der Waals surface area contributed by atoms with E-state index in [4.69, 9.17) is 4.74 Å². The molecule has 10 heteroatoms. The summed E-state index contributed by atoms with van der Waals surface area (Å²) in [5.74, 6) is -0.102. The molecule has 0 heterocycles. The van der Waals surface area contributed by atoms with Gasteiger partial charge in [0.2, 0.25) is 0 Å². The van der Waals surface area contributed by atoms with Crippen LogP contribution in [0.3, 0.4) is 0 Å². The van der Waals surface area contributed by atoms with Crippen LogP contribution < -0.4 is 20.1 Å². The van der Waals surface area contributed by atoms with Gasteiger partial charge >= 0.3 is 18.5 Å². The summed E-state index contributed by atoms with van der Waals surface area (Å²) >= 11 is 0. The van der Waals surface area contributed by atoms with Crippen LogP contribution in [0.2, 0.25) is 0 Å². The van der Waals surface area contributed by atoms with Crippen LogP contribution in [0.15, 0.2) is 72.8 Å². The van der Waals surface area contributed by atoms with Gasteiger partial charge in [-0.05, 0) is 48.0 Å². The van der Waals surface area contributed by atoms with Crippen molar-refractivity contribution in [1.82, 2.24) is 0 Å². The van der Waals surface area contributed by atoms with Gasteiger partial charge in [-0.3, -0.25) is 0 Å². The first-order valence-corrected chi connectivity index (χ1v) is 9.12. The predicted molar refractivity (Wildman–Crippen MR) is 111 cm³/mol. The fraction of sp³-hybridized carbons (Fsp3) is 0.0909. The number of halogens is 3. The van der Waals surface area contributed by atoms with Crippen molar-refractivity contribution in [2.75, 3.05) is 17.7 Å². The first-order chi connectivity index (χ1) is 15.2. The molecule has 0 aliphatic carbocycles. The van der Waals surface area contributed by atoms with Gasteiger partial charge in [-0.25, -0.2) is 9.59 Å². The van der Waals surface area contributed by atoms with Gasteiger partial charge in [-0.15, -0.1) is 13.2 Å². The van der Waals surface area contributed by atoms with Crippen molar-refractivity contribution in [3.05, 3.63) is 72.8 Å². The van der Waals surface area contributed by atoms with E-state index in [1.165, 1.54) is 19.2 Å². The van der Waals surface area contributed by atoms with Gasteiger partial charge in [-0.1, -0.05) is 30.3 Å². The topological polar surface area (TPSA) is 85.9 Å². The second kappa shape index (κ2) is 9.73. The monoisotopic (exact) mass is 446 g/mol. The molecule has 32 heavy (non-hydrogen) atoms.